The maximum absolute atomic E-state index is 5.95. The summed E-state index contributed by atoms with van der Waals surface area (Å²) in [7, 11) is -2.65. The van der Waals surface area contributed by atoms with E-state index in [0.717, 1.165) is 22.7 Å². The van der Waals surface area contributed by atoms with Gasteiger partial charge in [-0.25, -0.2) is 0 Å². The molecule has 2 nitrogen and oxygen atoms in total. The summed E-state index contributed by atoms with van der Waals surface area (Å²) in [5.41, 5.74) is 4.96. The normalized spacial score (nSPS) is 18.7. The fraction of sp³-hybridized carbons (Fsp3) is 0.400. The maximum atomic E-state index is 5.95. The summed E-state index contributed by atoms with van der Waals surface area (Å²) < 4.78 is 11.9. The summed E-state index contributed by atoms with van der Waals surface area (Å²) in [6.07, 6.45) is 11.2. The molecule has 2 aliphatic rings. The van der Waals surface area contributed by atoms with Gasteiger partial charge in [-0.1, -0.05) is 90.9 Å². The van der Waals surface area contributed by atoms with Crippen LogP contribution < -0.4 is 10.8 Å². The van der Waals surface area contributed by atoms with Crippen LogP contribution in [0.3, 0.4) is 0 Å². The molecule has 2 aliphatic carbocycles. The van der Waals surface area contributed by atoms with Gasteiger partial charge < -0.3 is 23.7 Å². The van der Waals surface area contributed by atoms with E-state index in [2.05, 4.69) is 122 Å². The van der Waals surface area contributed by atoms with Crippen LogP contribution in [0, 0.1) is 38.8 Å². The Hall–Kier alpha value is -0.946. The molecule has 2 aromatic heterocycles. The standard InChI is InChI=1S/2C14H19OSi.2CH3.Si.Zr/c2*1-10-8-12(9-11(10)2)13-6-7-14(15-13)16(3,4)5;;;;/h2*6-8,11H,1-5H3;2*1H3;;/q4*-1;;. The third kappa shape index (κ3) is 9.11. The molecule has 0 amide bonds. The van der Waals surface area contributed by atoms with Gasteiger partial charge >= 0.3 is 30.2 Å². The molecule has 0 aliphatic heterocycles. The van der Waals surface area contributed by atoms with Gasteiger partial charge in [0.15, 0.2) is 0 Å². The van der Waals surface area contributed by atoms with E-state index in [1.165, 1.54) is 45.2 Å². The van der Waals surface area contributed by atoms with Gasteiger partial charge in [0.05, 0.1) is 10.8 Å². The van der Waals surface area contributed by atoms with Crippen molar-refractivity contribution in [1.82, 2.24) is 0 Å². The van der Waals surface area contributed by atoms with E-state index >= 15 is 0 Å². The molecule has 2 heterocycles. The van der Waals surface area contributed by atoms with E-state index in [9.17, 15) is 0 Å². The topological polar surface area (TPSA) is 26.3 Å². The molecule has 0 aromatic carbocycles. The Morgan fingerprint density at radius 3 is 1.17 bits per heavy atom. The molecular weight excluding hydrogens is 568 g/mol. The minimum atomic E-state index is -1.33. The molecule has 0 bridgehead atoms. The van der Waals surface area contributed by atoms with E-state index < -0.39 is 16.1 Å². The average molecular weight is 612 g/mol. The number of rotatable bonds is 4. The van der Waals surface area contributed by atoms with Gasteiger partial charge in [0.1, 0.15) is 16.1 Å². The van der Waals surface area contributed by atoms with Crippen LogP contribution in [0.1, 0.15) is 39.2 Å². The molecule has 2 unspecified atom stereocenters. The van der Waals surface area contributed by atoms with Crippen molar-refractivity contribution in [2.45, 2.75) is 67.0 Å². The zero-order valence-corrected chi connectivity index (χ0v) is 29.9. The Balaban J connectivity index is 0.000000605. The van der Waals surface area contributed by atoms with E-state index in [1.54, 1.807) is 0 Å². The summed E-state index contributed by atoms with van der Waals surface area (Å²) in [6, 6.07) is 8.42. The van der Waals surface area contributed by atoms with E-state index in [4.69, 9.17) is 8.83 Å². The molecule has 2 atom stereocenters. The third-order valence-corrected chi connectivity index (χ3v) is 9.57. The summed E-state index contributed by atoms with van der Waals surface area (Å²) in [5.74, 6) is 2.80. The number of furan rings is 2. The molecule has 0 saturated heterocycles. The first-order chi connectivity index (χ1) is 15.8. The van der Waals surface area contributed by atoms with Crippen LogP contribution in [-0.2, 0) is 23.3 Å². The predicted molar refractivity (Wildman–Crippen MR) is 161 cm³/mol. The second-order valence-corrected chi connectivity index (χ2v) is 21.1. The zero-order chi connectivity index (χ0) is 25.8. The molecule has 2 radical (unpaired) electrons. The van der Waals surface area contributed by atoms with Gasteiger partial charge in [-0.2, -0.15) is 35.5 Å². The van der Waals surface area contributed by atoms with Crippen LogP contribution >= 0.6 is 0 Å². The van der Waals surface area contributed by atoms with Crippen molar-refractivity contribution >= 4 is 44.9 Å². The molecule has 0 fully saturated rings. The Kier molecular flexibility index (Phi) is 13.9. The fourth-order valence-electron chi connectivity index (χ4n) is 3.54. The molecule has 36 heavy (non-hydrogen) atoms. The van der Waals surface area contributed by atoms with Crippen LogP contribution in [0.5, 0.6) is 0 Å². The molecule has 4 rings (SSSR count). The predicted octanol–water partition coefficient (Wildman–Crippen LogP) is 7.73. The molecule has 6 heteroatoms. The van der Waals surface area contributed by atoms with Gasteiger partial charge in [0, 0.05) is 11.5 Å². The second-order valence-electron chi connectivity index (χ2n) is 11.2. The van der Waals surface area contributed by atoms with Gasteiger partial charge in [-0.3, -0.25) is 0 Å². The van der Waals surface area contributed by atoms with Crippen molar-refractivity contribution in [1.29, 1.82) is 0 Å². The van der Waals surface area contributed by atoms with Crippen molar-refractivity contribution in [3.8, 4) is 0 Å². The zero-order valence-electron chi connectivity index (χ0n) is 24.4. The van der Waals surface area contributed by atoms with Crippen LogP contribution in [-0.4, -0.2) is 23.0 Å². The van der Waals surface area contributed by atoms with Gasteiger partial charge in [0.2, 0.25) is 0 Å². The minimum absolute atomic E-state index is 0. The van der Waals surface area contributed by atoms with Crippen molar-refractivity contribution in [2.75, 3.05) is 0 Å². The van der Waals surface area contributed by atoms with Gasteiger partial charge in [-0.05, 0) is 12.1 Å². The van der Waals surface area contributed by atoms with Crippen LogP contribution in [0.25, 0.3) is 11.1 Å². The van der Waals surface area contributed by atoms with Crippen molar-refractivity contribution < 1.29 is 32.2 Å². The Morgan fingerprint density at radius 1 is 0.667 bits per heavy atom. The van der Waals surface area contributed by atoms with Crippen molar-refractivity contribution in [2.24, 2.45) is 11.8 Å². The molecule has 0 spiro atoms. The first-order valence-electron chi connectivity index (χ1n) is 11.9. The number of allylic oxidation sites excluding steroid dienone is 8. The average Bonchev–Trinajstić information content (AvgIpc) is 3.52. The van der Waals surface area contributed by atoms with Crippen LogP contribution in [0.15, 0.2) is 56.4 Å². The summed E-state index contributed by atoms with van der Waals surface area (Å²) in [4.78, 5) is 0. The Morgan fingerprint density at radius 2 is 0.972 bits per heavy atom. The monoisotopic (exact) mass is 610 g/mol. The van der Waals surface area contributed by atoms with E-state index in [1.807, 2.05) is 0 Å². The first-order valence-corrected chi connectivity index (χ1v) is 23.0. The van der Waals surface area contributed by atoms with Crippen LogP contribution in [0.4, 0.5) is 0 Å². The van der Waals surface area contributed by atoms with E-state index in [0.29, 0.717) is 11.8 Å². The Labute approximate surface area is 240 Å². The second kappa shape index (κ2) is 14.3. The van der Waals surface area contributed by atoms with E-state index in [-0.39, 0.29) is 14.9 Å². The van der Waals surface area contributed by atoms with Gasteiger partial charge in [-0.15, -0.1) is 11.1 Å². The first kappa shape index (κ1) is 35.1. The number of hydrogen-bond donors (Lipinski definition) is 0. The van der Waals surface area contributed by atoms with Crippen molar-refractivity contribution in [3.05, 3.63) is 86.1 Å². The molecule has 0 saturated carbocycles. The molecule has 196 valence electrons. The fourth-order valence-corrected chi connectivity index (χ4v) is 5.54. The van der Waals surface area contributed by atoms with Crippen molar-refractivity contribution in [3.63, 3.8) is 0 Å². The number of hydrogen-bond acceptors (Lipinski definition) is 2. The van der Waals surface area contributed by atoms with Crippen LogP contribution in [0.2, 0.25) is 39.3 Å². The Bertz CT molecular complexity index is 1030. The summed E-state index contributed by atoms with van der Waals surface area (Å²) in [5, 5.41) is 2.34. The molecule has 2 aromatic rings. The summed E-state index contributed by atoms with van der Waals surface area (Å²) in [6.45, 7) is 25.5. The molecular formula is C30H44O2Si3Zr-4. The SMILES string of the molecule is CC1=CC(c2ccc([Si](C)(C)C)o2)=[C-]C1C.CC1=CC(c2ccc([Si](C)(C)C)o2)=[C-]C1C.[CH3-].[CH3-].[Si]=[Zr]. The summed E-state index contributed by atoms with van der Waals surface area (Å²) >= 11 is 1.36. The molecule has 0 N–H and O–H groups in total. The van der Waals surface area contributed by atoms with Gasteiger partial charge in [0.25, 0.3) is 0 Å². The third-order valence-electron chi connectivity index (χ3n) is 6.08. The quantitative estimate of drug-likeness (QED) is 0.261.